The first kappa shape index (κ1) is 21.6. The molecule has 1 saturated carbocycles. The Kier molecular flexibility index (Phi) is 11.1. The Bertz CT molecular complexity index is 453. The third-order valence-corrected chi connectivity index (χ3v) is 5.06. The SMILES string of the molecule is COC(=O)CCCCCC[C@H]1C(=O)CC[C@@H]1/C=C/CCCCC(C)=O. The summed E-state index contributed by atoms with van der Waals surface area (Å²) >= 11 is 0. The molecule has 0 bridgehead atoms. The summed E-state index contributed by atoms with van der Waals surface area (Å²) in [5, 5.41) is 0. The van der Waals surface area contributed by atoms with E-state index in [-0.39, 0.29) is 17.7 Å². The van der Waals surface area contributed by atoms with Crippen LogP contribution in [-0.2, 0) is 19.1 Å². The quantitative estimate of drug-likeness (QED) is 0.272. The van der Waals surface area contributed by atoms with Crippen LogP contribution in [0.4, 0.5) is 0 Å². The third-order valence-electron chi connectivity index (χ3n) is 5.06. The average molecular weight is 350 g/mol. The van der Waals surface area contributed by atoms with Gasteiger partial charge < -0.3 is 9.53 Å². The zero-order valence-corrected chi connectivity index (χ0v) is 15.9. The van der Waals surface area contributed by atoms with Gasteiger partial charge >= 0.3 is 5.97 Å². The Labute approximate surface area is 152 Å². The van der Waals surface area contributed by atoms with Crippen LogP contribution in [0.25, 0.3) is 0 Å². The molecule has 1 fully saturated rings. The molecule has 0 aromatic rings. The molecular weight excluding hydrogens is 316 g/mol. The second kappa shape index (κ2) is 12.8. The van der Waals surface area contributed by atoms with Crippen molar-refractivity contribution in [3.63, 3.8) is 0 Å². The van der Waals surface area contributed by atoms with Crippen LogP contribution < -0.4 is 0 Å². The zero-order valence-electron chi connectivity index (χ0n) is 15.9. The van der Waals surface area contributed by atoms with E-state index >= 15 is 0 Å². The molecule has 1 rings (SSSR count). The normalized spacial score (nSPS) is 20.3. The number of carbonyl (C=O) groups excluding carboxylic acids is 3. The average Bonchev–Trinajstić information content (AvgIpc) is 2.93. The molecule has 1 aliphatic rings. The van der Waals surface area contributed by atoms with Crippen molar-refractivity contribution in [1.29, 1.82) is 0 Å². The molecule has 4 heteroatoms. The Hall–Kier alpha value is -1.45. The van der Waals surface area contributed by atoms with E-state index in [2.05, 4.69) is 16.9 Å². The lowest BCUT2D eigenvalue weighted by molar-refractivity contribution is -0.140. The van der Waals surface area contributed by atoms with Crippen LogP contribution >= 0.6 is 0 Å². The molecule has 0 aromatic heterocycles. The second-order valence-electron chi connectivity index (χ2n) is 7.18. The third kappa shape index (κ3) is 9.57. The molecule has 1 aliphatic carbocycles. The number of hydrogen-bond donors (Lipinski definition) is 0. The number of ether oxygens (including phenoxy) is 1. The molecule has 0 heterocycles. The van der Waals surface area contributed by atoms with Crippen LogP contribution in [-0.4, -0.2) is 24.6 Å². The van der Waals surface area contributed by atoms with E-state index in [1.165, 1.54) is 7.11 Å². The van der Waals surface area contributed by atoms with Gasteiger partial charge in [0.1, 0.15) is 11.6 Å². The molecular formula is C21H34O4. The van der Waals surface area contributed by atoms with Crippen molar-refractivity contribution >= 4 is 17.5 Å². The van der Waals surface area contributed by atoms with Gasteiger partial charge in [-0.1, -0.05) is 31.4 Å². The van der Waals surface area contributed by atoms with Crippen molar-refractivity contribution in [3.8, 4) is 0 Å². The summed E-state index contributed by atoms with van der Waals surface area (Å²) in [7, 11) is 1.42. The van der Waals surface area contributed by atoms with Gasteiger partial charge in [0.2, 0.25) is 0 Å². The highest BCUT2D eigenvalue weighted by Crippen LogP contribution is 2.34. The van der Waals surface area contributed by atoms with E-state index in [4.69, 9.17) is 0 Å². The Morgan fingerprint density at radius 3 is 2.52 bits per heavy atom. The minimum Gasteiger partial charge on any atom is -0.469 e. The van der Waals surface area contributed by atoms with Gasteiger partial charge in [0.25, 0.3) is 0 Å². The molecule has 2 atom stereocenters. The fourth-order valence-corrected chi connectivity index (χ4v) is 3.54. The van der Waals surface area contributed by atoms with E-state index in [1.54, 1.807) is 6.92 Å². The van der Waals surface area contributed by atoms with Crippen LogP contribution in [0.5, 0.6) is 0 Å². The molecule has 4 nitrogen and oxygen atoms in total. The lowest BCUT2D eigenvalue weighted by Gasteiger charge is -2.14. The van der Waals surface area contributed by atoms with Gasteiger partial charge in [-0.05, 0) is 51.4 Å². The second-order valence-corrected chi connectivity index (χ2v) is 7.18. The van der Waals surface area contributed by atoms with E-state index in [1.807, 2.05) is 0 Å². The van der Waals surface area contributed by atoms with Gasteiger partial charge in [-0.3, -0.25) is 9.59 Å². The number of rotatable bonds is 13. The zero-order chi connectivity index (χ0) is 18.5. The van der Waals surface area contributed by atoms with Crippen LogP contribution in [0.1, 0.15) is 84.0 Å². The van der Waals surface area contributed by atoms with E-state index in [0.717, 1.165) is 57.8 Å². The minimum absolute atomic E-state index is 0.139. The predicted octanol–water partition coefficient (Wildman–Crippen LogP) is 4.80. The van der Waals surface area contributed by atoms with Crippen LogP contribution in [0.3, 0.4) is 0 Å². The fraction of sp³-hybridized carbons (Fsp3) is 0.762. The first-order valence-electron chi connectivity index (χ1n) is 9.80. The van der Waals surface area contributed by atoms with Crippen LogP contribution in [0.2, 0.25) is 0 Å². The highest BCUT2D eigenvalue weighted by molar-refractivity contribution is 5.83. The van der Waals surface area contributed by atoms with Crippen molar-refractivity contribution in [1.82, 2.24) is 0 Å². The monoisotopic (exact) mass is 350 g/mol. The highest BCUT2D eigenvalue weighted by atomic mass is 16.5. The van der Waals surface area contributed by atoms with Crippen molar-refractivity contribution in [2.45, 2.75) is 84.0 Å². The maximum Gasteiger partial charge on any atom is 0.305 e. The first-order chi connectivity index (χ1) is 12.0. The maximum absolute atomic E-state index is 12.1. The topological polar surface area (TPSA) is 60.4 Å². The molecule has 0 unspecified atom stereocenters. The van der Waals surface area contributed by atoms with Gasteiger partial charge in [-0.25, -0.2) is 0 Å². The van der Waals surface area contributed by atoms with Crippen molar-refractivity contribution < 1.29 is 19.1 Å². The predicted molar refractivity (Wildman–Crippen MR) is 99.2 cm³/mol. The number of hydrogen-bond acceptors (Lipinski definition) is 4. The lowest BCUT2D eigenvalue weighted by atomic mass is 9.89. The Balaban J connectivity index is 2.19. The highest BCUT2D eigenvalue weighted by Gasteiger charge is 2.32. The lowest BCUT2D eigenvalue weighted by Crippen LogP contribution is -2.13. The molecule has 0 aliphatic heterocycles. The summed E-state index contributed by atoms with van der Waals surface area (Å²) in [4.78, 5) is 34.1. The van der Waals surface area contributed by atoms with E-state index in [0.29, 0.717) is 31.0 Å². The van der Waals surface area contributed by atoms with Gasteiger partial charge in [-0.15, -0.1) is 0 Å². The van der Waals surface area contributed by atoms with Gasteiger partial charge in [0.15, 0.2) is 0 Å². The summed E-state index contributed by atoms with van der Waals surface area (Å²) < 4.78 is 4.63. The summed E-state index contributed by atoms with van der Waals surface area (Å²) in [6.45, 7) is 1.64. The number of carbonyl (C=O) groups is 3. The summed E-state index contributed by atoms with van der Waals surface area (Å²) in [6.07, 6.45) is 15.3. The maximum atomic E-state index is 12.1. The molecule has 142 valence electrons. The van der Waals surface area contributed by atoms with Gasteiger partial charge in [-0.2, -0.15) is 0 Å². The number of methoxy groups -OCH3 is 1. The van der Waals surface area contributed by atoms with E-state index in [9.17, 15) is 14.4 Å². The van der Waals surface area contributed by atoms with Crippen LogP contribution in [0, 0.1) is 11.8 Å². The standard InChI is InChI=1S/C21H34O4/c1-17(22)11-7-3-4-8-12-18-15-16-20(23)19(18)13-9-5-6-10-14-21(24)25-2/h8,12,18-19H,3-7,9-11,13-16H2,1-2H3/b12-8+/t18-,19+/m0/s1. The Morgan fingerprint density at radius 2 is 1.80 bits per heavy atom. The molecule has 0 saturated heterocycles. The van der Waals surface area contributed by atoms with Gasteiger partial charge in [0.05, 0.1) is 7.11 Å². The molecule has 25 heavy (non-hydrogen) atoms. The fourth-order valence-electron chi connectivity index (χ4n) is 3.54. The van der Waals surface area contributed by atoms with Gasteiger partial charge in [0, 0.05) is 25.2 Å². The number of allylic oxidation sites excluding steroid dienone is 2. The molecule has 0 amide bonds. The van der Waals surface area contributed by atoms with E-state index < -0.39 is 0 Å². The molecule has 0 spiro atoms. The van der Waals surface area contributed by atoms with Crippen molar-refractivity contribution in [3.05, 3.63) is 12.2 Å². The minimum atomic E-state index is -0.139. The molecule has 0 radical (unpaired) electrons. The number of esters is 1. The number of unbranched alkanes of at least 4 members (excludes halogenated alkanes) is 5. The Morgan fingerprint density at radius 1 is 1.08 bits per heavy atom. The number of ketones is 2. The summed E-state index contributed by atoms with van der Waals surface area (Å²) in [5.74, 6) is 1.13. The van der Waals surface area contributed by atoms with Crippen LogP contribution in [0.15, 0.2) is 12.2 Å². The largest absolute Gasteiger partial charge is 0.469 e. The smallest absolute Gasteiger partial charge is 0.305 e. The van der Waals surface area contributed by atoms with Crippen molar-refractivity contribution in [2.75, 3.05) is 7.11 Å². The van der Waals surface area contributed by atoms with Crippen molar-refractivity contribution in [2.24, 2.45) is 11.8 Å². The summed E-state index contributed by atoms with van der Waals surface area (Å²) in [5.41, 5.74) is 0. The molecule has 0 N–H and O–H groups in total. The molecule has 0 aromatic carbocycles. The first-order valence-corrected chi connectivity index (χ1v) is 9.80. The summed E-state index contributed by atoms with van der Waals surface area (Å²) in [6, 6.07) is 0. The number of Topliss-reactive ketones (excluding diaryl/α,β-unsaturated/α-hetero) is 2.